The van der Waals surface area contributed by atoms with E-state index in [2.05, 4.69) is 0 Å². The summed E-state index contributed by atoms with van der Waals surface area (Å²) in [7, 11) is 0. The van der Waals surface area contributed by atoms with Crippen LogP contribution in [0.3, 0.4) is 0 Å². The van der Waals surface area contributed by atoms with Gasteiger partial charge in [-0.25, -0.2) is 4.79 Å². The van der Waals surface area contributed by atoms with Gasteiger partial charge < -0.3 is 10.5 Å². The number of benzene rings is 1. The van der Waals surface area contributed by atoms with Crippen molar-refractivity contribution in [2.45, 2.75) is 12.5 Å². The minimum Gasteiger partial charge on any atom is -0.464 e. The van der Waals surface area contributed by atoms with Crippen LogP contribution in [0.5, 0.6) is 0 Å². The Morgan fingerprint density at radius 2 is 2.07 bits per heavy atom. The van der Waals surface area contributed by atoms with Crippen LogP contribution in [-0.2, 0) is 19.9 Å². The highest BCUT2D eigenvalue weighted by atomic mass is 16.5. The van der Waals surface area contributed by atoms with E-state index in [4.69, 9.17) is 10.5 Å². The summed E-state index contributed by atoms with van der Waals surface area (Å²) in [5.41, 5.74) is 4.20. The summed E-state index contributed by atoms with van der Waals surface area (Å²) in [6.07, 6.45) is 1.53. The molecular formula is C11H12NO3. The van der Waals surface area contributed by atoms with Crippen molar-refractivity contribution in [3.05, 3.63) is 35.9 Å². The van der Waals surface area contributed by atoms with E-state index >= 15 is 0 Å². The molecule has 1 aromatic carbocycles. The predicted molar refractivity (Wildman–Crippen MR) is 54.6 cm³/mol. The van der Waals surface area contributed by atoms with Crippen molar-refractivity contribution in [1.82, 2.24) is 0 Å². The van der Waals surface area contributed by atoms with E-state index < -0.39 is 11.5 Å². The van der Waals surface area contributed by atoms with E-state index in [0.717, 1.165) is 0 Å². The molecule has 1 aromatic rings. The van der Waals surface area contributed by atoms with Gasteiger partial charge in [0.15, 0.2) is 0 Å². The molecule has 0 aliphatic carbocycles. The topological polar surface area (TPSA) is 69.4 Å². The molecule has 15 heavy (non-hydrogen) atoms. The summed E-state index contributed by atoms with van der Waals surface area (Å²) in [5.74, 6) is -0.786. The van der Waals surface area contributed by atoms with Crippen molar-refractivity contribution < 1.29 is 14.3 Å². The van der Waals surface area contributed by atoms with Gasteiger partial charge in [-0.3, -0.25) is 4.79 Å². The van der Waals surface area contributed by atoms with Gasteiger partial charge in [0.2, 0.25) is 11.8 Å². The quantitative estimate of drug-likeness (QED) is 0.575. The maximum absolute atomic E-state index is 11.5. The Labute approximate surface area is 88.0 Å². The van der Waals surface area contributed by atoms with Gasteiger partial charge in [-0.2, -0.15) is 0 Å². The lowest BCUT2D eigenvalue weighted by Crippen LogP contribution is -2.47. The van der Waals surface area contributed by atoms with Crippen LogP contribution in [0, 0.1) is 0 Å². The van der Waals surface area contributed by atoms with Crippen molar-refractivity contribution in [3.63, 3.8) is 0 Å². The monoisotopic (exact) mass is 206 g/mol. The van der Waals surface area contributed by atoms with E-state index in [1.165, 1.54) is 6.29 Å². The Morgan fingerprint density at radius 1 is 1.47 bits per heavy atom. The lowest BCUT2D eigenvalue weighted by molar-refractivity contribution is -0.147. The van der Waals surface area contributed by atoms with Gasteiger partial charge in [0, 0.05) is 0 Å². The largest absolute Gasteiger partial charge is 0.464 e. The maximum atomic E-state index is 11.5. The molecule has 2 N–H and O–H groups in total. The molecule has 4 heteroatoms. The second-order valence-corrected chi connectivity index (χ2v) is 3.00. The molecule has 0 fully saturated rings. The number of hydrogen-bond donors (Lipinski definition) is 1. The van der Waals surface area contributed by atoms with Crippen LogP contribution >= 0.6 is 0 Å². The highest BCUT2D eigenvalue weighted by Crippen LogP contribution is 2.17. The molecule has 1 radical (unpaired) electrons. The average molecular weight is 206 g/mol. The van der Waals surface area contributed by atoms with Crippen LogP contribution in [0.15, 0.2) is 30.3 Å². The second kappa shape index (κ2) is 4.70. The molecule has 1 atom stereocenters. The van der Waals surface area contributed by atoms with Gasteiger partial charge in [0.25, 0.3) is 0 Å². The molecular weight excluding hydrogens is 194 g/mol. The van der Waals surface area contributed by atoms with E-state index in [9.17, 15) is 9.59 Å². The lowest BCUT2D eigenvalue weighted by atomic mass is 9.93. The SMILES string of the molecule is CCOC(=O)C(N)([C]=O)c1ccccc1. The molecule has 4 nitrogen and oxygen atoms in total. The highest BCUT2D eigenvalue weighted by molar-refractivity contribution is 5.99. The number of nitrogens with two attached hydrogens (primary N) is 1. The molecule has 0 amide bonds. The molecule has 0 aliphatic heterocycles. The summed E-state index contributed by atoms with van der Waals surface area (Å²) in [5, 5.41) is 0. The third kappa shape index (κ3) is 2.22. The van der Waals surface area contributed by atoms with Gasteiger partial charge in [-0.05, 0) is 12.5 Å². The van der Waals surface area contributed by atoms with E-state index in [1.807, 2.05) is 0 Å². The van der Waals surface area contributed by atoms with E-state index in [1.54, 1.807) is 37.3 Å². The summed E-state index contributed by atoms with van der Waals surface area (Å²) in [6, 6.07) is 8.31. The van der Waals surface area contributed by atoms with Gasteiger partial charge in [0.1, 0.15) is 0 Å². The van der Waals surface area contributed by atoms with Crippen LogP contribution in [0.25, 0.3) is 0 Å². The number of rotatable bonds is 4. The first-order valence-corrected chi connectivity index (χ1v) is 4.56. The summed E-state index contributed by atoms with van der Waals surface area (Å²) in [6.45, 7) is 1.82. The summed E-state index contributed by atoms with van der Waals surface area (Å²) >= 11 is 0. The zero-order chi connectivity index (χ0) is 11.3. The molecule has 0 heterocycles. The first-order valence-electron chi connectivity index (χ1n) is 4.56. The number of esters is 1. The van der Waals surface area contributed by atoms with Gasteiger partial charge >= 0.3 is 5.97 Å². The minimum absolute atomic E-state index is 0.173. The van der Waals surface area contributed by atoms with Crippen LogP contribution < -0.4 is 5.73 Å². The van der Waals surface area contributed by atoms with Gasteiger partial charge in [-0.1, -0.05) is 30.3 Å². The number of carbonyl (C=O) groups excluding carboxylic acids is 2. The molecule has 0 aromatic heterocycles. The molecule has 0 aliphatic rings. The van der Waals surface area contributed by atoms with Gasteiger partial charge in [0.05, 0.1) is 6.61 Å². The molecule has 79 valence electrons. The number of hydrogen-bond acceptors (Lipinski definition) is 4. The average Bonchev–Trinajstić information content (AvgIpc) is 2.29. The Balaban J connectivity index is 3.05. The Hall–Kier alpha value is -1.68. The smallest absolute Gasteiger partial charge is 0.339 e. The predicted octanol–water partition coefficient (Wildman–Crippen LogP) is 0.513. The van der Waals surface area contributed by atoms with Crippen molar-refractivity contribution >= 4 is 12.3 Å². The number of ether oxygens (including phenoxy) is 1. The third-order valence-corrected chi connectivity index (χ3v) is 1.99. The standard InChI is InChI=1S/C11H12NO3/c1-2-15-10(14)11(12,8-13)9-6-4-3-5-7-9/h3-7H,2,12H2,1H3. The van der Waals surface area contributed by atoms with Gasteiger partial charge in [-0.15, -0.1) is 0 Å². The Bertz CT molecular complexity index is 350. The fourth-order valence-electron chi connectivity index (χ4n) is 1.16. The van der Waals surface area contributed by atoms with Crippen LogP contribution in [0.4, 0.5) is 0 Å². The molecule has 0 bridgehead atoms. The molecule has 0 saturated carbocycles. The number of carbonyl (C=O) groups is 1. The van der Waals surface area contributed by atoms with Crippen molar-refractivity contribution in [2.24, 2.45) is 5.73 Å². The molecule has 1 unspecified atom stereocenters. The Morgan fingerprint density at radius 3 is 2.53 bits per heavy atom. The fourth-order valence-corrected chi connectivity index (χ4v) is 1.16. The first-order chi connectivity index (χ1) is 7.15. The van der Waals surface area contributed by atoms with Crippen molar-refractivity contribution in [1.29, 1.82) is 0 Å². The van der Waals surface area contributed by atoms with E-state index in [-0.39, 0.29) is 6.61 Å². The first kappa shape index (κ1) is 11.4. The molecule has 1 rings (SSSR count). The van der Waals surface area contributed by atoms with Crippen LogP contribution in [0.2, 0.25) is 0 Å². The zero-order valence-electron chi connectivity index (χ0n) is 8.40. The van der Waals surface area contributed by atoms with Crippen molar-refractivity contribution in [2.75, 3.05) is 6.61 Å². The summed E-state index contributed by atoms with van der Waals surface area (Å²) in [4.78, 5) is 22.3. The maximum Gasteiger partial charge on any atom is 0.339 e. The van der Waals surface area contributed by atoms with Crippen molar-refractivity contribution in [3.8, 4) is 0 Å². The minimum atomic E-state index is -1.82. The third-order valence-electron chi connectivity index (χ3n) is 1.99. The Kier molecular flexibility index (Phi) is 3.57. The van der Waals surface area contributed by atoms with Crippen LogP contribution in [0.1, 0.15) is 12.5 Å². The second-order valence-electron chi connectivity index (χ2n) is 3.00. The highest BCUT2D eigenvalue weighted by Gasteiger charge is 2.38. The molecule has 0 saturated heterocycles. The molecule has 0 spiro atoms. The fraction of sp³-hybridized carbons (Fsp3) is 0.273. The normalized spacial score (nSPS) is 14.0. The zero-order valence-corrected chi connectivity index (χ0v) is 8.40. The lowest BCUT2D eigenvalue weighted by Gasteiger charge is -2.19. The van der Waals surface area contributed by atoms with Crippen LogP contribution in [-0.4, -0.2) is 18.9 Å². The summed E-state index contributed by atoms with van der Waals surface area (Å²) < 4.78 is 4.73. The van der Waals surface area contributed by atoms with E-state index in [0.29, 0.717) is 5.56 Å².